The molecule has 0 aliphatic heterocycles. The van der Waals surface area contributed by atoms with Crippen molar-refractivity contribution in [2.45, 2.75) is 19.9 Å². The lowest BCUT2D eigenvalue weighted by molar-refractivity contribution is 0.318. The van der Waals surface area contributed by atoms with Crippen LogP contribution in [-0.4, -0.2) is 22.7 Å². The number of nitrogens with zero attached hydrogens (tertiary/aromatic N) is 2. The Labute approximate surface area is 113 Å². The molecular weight excluding hydrogens is 240 g/mol. The fraction of sp³-hybridized carbons (Fsp3) is 0.357. The SMILES string of the molecule is CCCOc1cc(N)cc(NCCn2ccnc2)c1. The van der Waals surface area contributed by atoms with Gasteiger partial charge in [0.1, 0.15) is 5.75 Å². The number of imidazole rings is 1. The van der Waals surface area contributed by atoms with Crippen molar-refractivity contribution in [2.24, 2.45) is 0 Å². The molecule has 0 radical (unpaired) electrons. The van der Waals surface area contributed by atoms with Crippen LogP contribution in [-0.2, 0) is 6.54 Å². The van der Waals surface area contributed by atoms with Gasteiger partial charge in [-0.1, -0.05) is 6.92 Å². The van der Waals surface area contributed by atoms with Crippen molar-refractivity contribution >= 4 is 11.4 Å². The molecule has 0 fully saturated rings. The van der Waals surface area contributed by atoms with Crippen molar-refractivity contribution in [3.63, 3.8) is 0 Å². The average Bonchev–Trinajstić information content (AvgIpc) is 2.89. The second-order valence-electron chi connectivity index (χ2n) is 4.37. The number of nitrogen functional groups attached to an aromatic ring is 1. The quantitative estimate of drug-likeness (QED) is 0.750. The topological polar surface area (TPSA) is 65.1 Å². The van der Waals surface area contributed by atoms with E-state index in [9.17, 15) is 0 Å². The van der Waals surface area contributed by atoms with Crippen molar-refractivity contribution in [3.8, 4) is 5.75 Å². The second kappa shape index (κ2) is 6.68. The molecule has 1 aromatic carbocycles. The Morgan fingerprint density at radius 2 is 2.26 bits per heavy atom. The van der Waals surface area contributed by atoms with Gasteiger partial charge in [0.15, 0.2) is 0 Å². The summed E-state index contributed by atoms with van der Waals surface area (Å²) >= 11 is 0. The number of hydrogen-bond acceptors (Lipinski definition) is 4. The van der Waals surface area contributed by atoms with E-state index < -0.39 is 0 Å². The van der Waals surface area contributed by atoms with Gasteiger partial charge in [-0.3, -0.25) is 0 Å². The molecular formula is C14H20N4O. The summed E-state index contributed by atoms with van der Waals surface area (Å²) in [6, 6.07) is 5.73. The van der Waals surface area contributed by atoms with Crippen LogP contribution in [0, 0.1) is 0 Å². The predicted molar refractivity (Wildman–Crippen MR) is 77.4 cm³/mol. The van der Waals surface area contributed by atoms with Gasteiger partial charge < -0.3 is 20.4 Å². The van der Waals surface area contributed by atoms with E-state index in [2.05, 4.69) is 17.2 Å². The molecule has 0 saturated carbocycles. The Balaban J connectivity index is 1.90. The molecule has 1 aromatic heterocycles. The van der Waals surface area contributed by atoms with Crippen LogP contribution in [0.5, 0.6) is 5.75 Å². The maximum atomic E-state index is 5.86. The van der Waals surface area contributed by atoms with E-state index in [1.807, 2.05) is 29.0 Å². The molecule has 5 heteroatoms. The zero-order chi connectivity index (χ0) is 13.5. The largest absolute Gasteiger partial charge is 0.493 e. The lowest BCUT2D eigenvalue weighted by atomic mass is 10.2. The molecule has 3 N–H and O–H groups in total. The van der Waals surface area contributed by atoms with E-state index in [1.165, 1.54) is 0 Å². The van der Waals surface area contributed by atoms with E-state index in [0.717, 1.165) is 30.9 Å². The summed E-state index contributed by atoms with van der Waals surface area (Å²) in [5, 5.41) is 3.33. The summed E-state index contributed by atoms with van der Waals surface area (Å²) < 4.78 is 7.62. The number of anilines is 2. The van der Waals surface area contributed by atoms with Gasteiger partial charge in [0.25, 0.3) is 0 Å². The highest BCUT2D eigenvalue weighted by molar-refractivity contribution is 5.59. The number of nitrogens with two attached hydrogens (primary N) is 1. The molecule has 2 rings (SSSR count). The molecule has 19 heavy (non-hydrogen) atoms. The molecule has 0 amide bonds. The normalized spacial score (nSPS) is 10.4. The van der Waals surface area contributed by atoms with Gasteiger partial charge in [0, 0.05) is 49.0 Å². The van der Waals surface area contributed by atoms with Crippen LogP contribution in [0.3, 0.4) is 0 Å². The summed E-state index contributed by atoms with van der Waals surface area (Å²) in [5.41, 5.74) is 7.55. The maximum Gasteiger partial charge on any atom is 0.123 e. The fourth-order valence-corrected chi connectivity index (χ4v) is 1.78. The molecule has 0 bridgehead atoms. The summed E-state index contributed by atoms with van der Waals surface area (Å²) in [6.07, 6.45) is 6.50. The predicted octanol–water partition coefficient (Wildman–Crippen LogP) is 2.37. The highest BCUT2D eigenvalue weighted by Gasteiger charge is 2.00. The summed E-state index contributed by atoms with van der Waals surface area (Å²) in [6.45, 7) is 4.46. The van der Waals surface area contributed by atoms with Crippen molar-refractivity contribution < 1.29 is 4.74 Å². The van der Waals surface area contributed by atoms with Crippen LogP contribution < -0.4 is 15.8 Å². The monoisotopic (exact) mass is 260 g/mol. The molecule has 0 aliphatic rings. The zero-order valence-electron chi connectivity index (χ0n) is 11.2. The molecule has 0 saturated heterocycles. The third kappa shape index (κ3) is 4.21. The van der Waals surface area contributed by atoms with Crippen molar-refractivity contribution in [3.05, 3.63) is 36.9 Å². The van der Waals surface area contributed by atoms with Crippen molar-refractivity contribution in [2.75, 3.05) is 24.2 Å². The van der Waals surface area contributed by atoms with Crippen LogP contribution >= 0.6 is 0 Å². The van der Waals surface area contributed by atoms with Crippen LogP contribution in [0.1, 0.15) is 13.3 Å². The van der Waals surface area contributed by atoms with Gasteiger partial charge in [-0.15, -0.1) is 0 Å². The average molecular weight is 260 g/mol. The number of benzene rings is 1. The highest BCUT2D eigenvalue weighted by atomic mass is 16.5. The number of rotatable bonds is 7. The van der Waals surface area contributed by atoms with E-state index in [1.54, 1.807) is 12.5 Å². The summed E-state index contributed by atoms with van der Waals surface area (Å²) in [4.78, 5) is 4.00. The summed E-state index contributed by atoms with van der Waals surface area (Å²) in [7, 11) is 0. The molecule has 5 nitrogen and oxygen atoms in total. The fourth-order valence-electron chi connectivity index (χ4n) is 1.78. The Morgan fingerprint density at radius 1 is 1.37 bits per heavy atom. The van der Waals surface area contributed by atoms with E-state index in [-0.39, 0.29) is 0 Å². The number of ether oxygens (including phenoxy) is 1. The second-order valence-corrected chi connectivity index (χ2v) is 4.37. The van der Waals surface area contributed by atoms with Crippen LogP contribution in [0.2, 0.25) is 0 Å². The molecule has 102 valence electrons. The van der Waals surface area contributed by atoms with Gasteiger partial charge in [0.2, 0.25) is 0 Å². The summed E-state index contributed by atoms with van der Waals surface area (Å²) in [5.74, 6) is 0.812. The van der Waals surface area contributed by atoms with Gasteiger partial charge in [0.05, 0.1) is 12.9 Å². The van der Waals surface area contributed by atoms with Gasteiger partial charge in [-0.05, 0) is 12.5 Å². The standard InChI is InChI=1S/C14H20N4O/c1-2-7-19-14-9-12(15)8-13(10-14)17-4-6-18-5-3-16-11-18/h3,5,8-11,17H,2,4,6-7,15H2,1H3. The van der Waals surface area contributed by atoms with E-state index in [0.29, 0.717) is 12.3 Å². The molecule has 1 heterocycles. The minimum absolute atomic E-state index is 0.706. The lowest BCUT2D eigenvalue weighted by Gasteiger charge is -2.11. The number of hydrogen-bond donors (Lipinski definition) is 2. The smallest absolute Gasteiger partial charge is 0.123 e. The first kappa shape index (κ1) is 13.3. The highest BCUT2D eigenvalue weighted by Crippen LogP contribution is 2.22. The van der Waals surface area contributed by atoms with E-state index in [4.69, 9.17) is 10.5 Å². The van der Waals surface area contributed by atoms with Gasteiger partial charge in [-0.25, -0.2) is 4.98 Å². The molecule has 0 unspecified atom stereocenters. The van der Waals surface area contributed by atoms with E-state index >= 15 is 0 Å². The Kier molecular flexibility index (Phi) is 4.66. The molecule has 2 aromatic rings. The third-order valence-electron chi connectivity index (χ3n) is 2.66. The third-order valence-corrected chi connectivity index (χ3v) is 2.66. The molecule has 0 atom stereocenters. The van der Waals surface area contributed by atoms with Crippen molar-refractivity contribution in [1.82, 2.24) is 9.55 Å². The number of aromatic nitrogens is 2. The van der Waals surface area contributed by atoms with Gasteiger partial charge in [-0.2, -0.15) is 0 Å². The van der Waals surface area contributed by atoms with Crippen molar-refractivity contribution in [1.29, 1.82) is 0 Å². The van der Waals surface area contributed by atoms with Crippen LogP contribution in [0.25, 0.3) is 0 Å². The minimum Gasteiger partial charge on any atom is -0.493 e. The lowest BCUT2D eigenvalue weighted by Crippen LogP contribution is -2.09. The molecule has 0 aliphatic carbocycles. The zero-order valence-corrected chi connectivity index (χ0v) is 11.2. The minimum atomic E-state index is 0.706. The molecule has 0 spiro atoms. The first-order valence-electron chi connectivity index (χ1n) is 6.51. The Morgan fingerprint density at radius 3 is 3.00 bits per heavy atom. The van der Waals surface area contributed by atoms with Crippen LogP contribution in [0.4, 0.5) is 11.4 Å². The Bertz CT molecular complexity index is 496. The van der Waals surface area contributed by atoms with Gasteiger partial charge >= 0.3 is 0 Å². The van der Waals surface area contributed by atoms with Crippen LogP contribution in [0.15, 0.2) is 36.9 Å². The first-order valence-corrected chi connectivity index (χ1v) is 6.51. The Hall–Kier alpha value is -2.17. The maximum absolute atomic E-state index is 5.86. The first-order chi connectivity index (χ1) is 9.28. The number of nitrogens with one attached hydrogen (secondary N) is 1.